The third-order valence-corrected chi connectivity index (χ3v) is 6.62. The van der Waals surface area contributed by atoms with Crippen molar-refractivity contribution in [2.24, 2.45) is 0 Å². The molecule has 0 aliphatic heterocycles. The Kier molecular flexibility index (Phi) is 12.7. The number of esters is 1. The number of carbonyl (C=O) groups is 1. The van der Waals surface area contributed by atoms with Crippen LogP contribution in [-0.4, -0.2) is 17.6 Å². The molecule has 3 rings (SSSR count). The zero-order valence-electron chi connectivity index (χ0n) is 22.7. The lowest BCUT2D eigenvalue weighted by atomic mass is 10.0. The number of hydrogen-bond donors (Lipinski definition) is 0. The highest BCUT2D eigenvalue weighted by Crippen LogP contribution is 2.23. The van der Waals surface area contributed by atoms with Crippen LogP contribution in [0.5, 0.6) is 11.5 Å². The van der Waals surface area contributed by atoms with Crippen molar-refractivity contribution in [3.05, 3.63) is 78.0 Å². The first-order valence-electron chi connectivity index (χ1n) is 14.2. The van der Waals surface area contributed by atoms with E-state index in [2.05, 4.69) is 18.8 Å². The van der Waals surface area contributed by atoms with Crippen molar-refractivity contribution in [1.29, 1.82) is 0 Å². The largest absolute Gasteiger partial charge is 0.492 e. The quantitative estimate of drug-likeness (QED) is 0.105. The molecule has 0 fully saturated rings. The highest BCUT2D eigenvalue weighted by Gasteiger charge is 2.09. The molecule has 4 heteroatoms. The van der Waals surface area contributed by atoms with Gasteiger partial charge < -0.3 is 9.47 Å². The van der Waals surface area contributed by atoms with Gasteiger partial charge in [-0.15, -0.1) is 0 Å². The normalized spacial score (nSPS) is 10.9. The highest BCUT2D eigenvalue weighted by molar-refractivity contribution is 5.91. The van der Waals surface area contributed by atoms with Gasteiger partial charge >= 0.3 is 5.97 Å². The van der Waals surface area contributed by atoms with Crippen LogP contribution >= 0.6 is 0 Å². The molecule has 2 aromatic carbocycles. The molecular formula is C33H43NO3. The standard InChI is InChI=1S/C33H43NO3/c1-3-5-7-9-10-11-12-14-27-15-17-29(18-16-27)33(35)37-30-21-19-28(20-22-30)32-24-23-31(26-34-32)36-25-13-8-6-4-2/h15-24,26H,3-14,25H2,1-2H3. The Morgan fingerprint density at radius 2 is 1.30 bits per heavy atom. The topological polar surface area (TPSA) is 48.4 Å². The van der Waals surface area contributed by atoms with Crippen LogP contribution in [0.25, 0.3) is 11.3 Å². The van der Waals surface area contributed by atoms with E-state index in [9.17, 15) is 4.79 Å². The maximum atomic E-state index is 12.6. The van der Waals surface area contributed by atoms with Crippen LogP contribution in [0.1, 0.15) is 100 Å². The molecule has 0 aliphatic carbocycles. The van der Waals surface area contributed by atoms with E-state index in [-0.39, 0.29) is 5.97 Å². The predicted molar refractivity (Wildman–Crippen MR) is 152 cm³/mol. The molecule has 37 heavy (non-hydrogen) atoms. The van der Waals surface area contributed by atoms with Crippen molar-refractivity contribution in [3.63, 3.8) is 0 Å². The van der Waals surface area contributed by atoms with Crippen LogP contribution in [0.15, 0.2) is 66.9 Å². The molecule has 0 unspecified atom stereocenters. The minimum atomic E-state index is -0.339. The summed E-state index contributed by atoms with van der Waals surface area (Å²) < 4.78 is 11.4. The number of nitrogens with zero attached hydrogens (tertiary/aromatic N) is 1. The number of aromatic nitrogens is 1. The average molecular weight is 502 g/mol. The van der Waals surface area contributed by atoms with Gasteiger partial charge in [0.25, 0.3) is 0 Å². The number of rotatable bonds is 17. The lowest BCUT2D eigenvalue weighted by Crippen LogP contribution is -2.08. The Morgan fingerprint density at radius 3 is 1.95 bits per heavy atom. The number of aryl methyl sites for hydroxylation is 1. The molecule has 3 aromatic rings. The first kappa shape index (κ1) is 28.4. The number of pyridine rings is 1. The minimum Gasteiger partial charge on any atom is -0.492 e. The molecule has 4 nitrogen and oxygen atoms in total. The second kappa shape index (κ2) is 16.6. The molecular weight excluding hydrogens is 458 g/mol. The van der Waals surface area contributed by atoms with Gasteiger partial charge in [-0.05, 0) is 73.4 Å². The maximum Gasteiger partial charge on any atom is 0.343 e. The summed E-state index contributed by atoms with van der Waals surface area (Å²) in [6, 6.07) is 19.2. The second-order valence-corrected chi connectivity index (χ2v) is 9.77. The Labute approximate surface area is 223 Å². The summed E-state index contributed by atoms with van der Waals surface area (Å²) in [5, 5.41) is 0. The monoisotopic (exact) mass is 501 g/mol. The van der Waals surface area contributed by atoms with Gasteiger partial charge in [-0.2, -0.15) is 0 Å². The van der Waals surface area contributed by atoms with Gasteiger partial charge in [0.1, 0.15) is 11.5 Å². The molecule has 0 saturated carbocycles. The summed E-state index contributed by atoms with van der Waals surface area (Å²) in [4.78, 5) is 17.1. The molecule has 0 radical (unpaired) electrons. The van der Waals surface area contributed by atoms with Gasteiger partial charge in [-0.1, -0.05) is 83.8 Å². The number of unbranched alkanes of at least 4 members (excludes halogenated alkanes) is 9. The highest BCUT2D eigenvalue weighted by atomic mass is 16.5. The number of benzene rings is 2. The van der Waals surface area contributed by atoms with E-state index < -0.39 is 0 Å². The van der Waals surface area contributed by atoms with Gasteiger partial charge in [0.15, 0.2) is 0 Å². The molecule has 198 valence electrons. The first-order valence-corrected chi connectivity index (χ1v) is 14.2. The van der Waals surface area contributed by atoms with Gasteiger partial charge in [-0.25, -0.2) is 4.79 Å². The van der Waals surface area contributed by atoms with Crippen molar-refractivity contribution in [1.82, 2.24) is 4.98 Å². The maximum absolute atomic E-state index is 12.6. The molecule has 0 spiro atoms. The molecule has 0 saturated heterocycles. The fraction of sp³-hybridized carbons (Fsp3) is 0.455. The summed E-state index contributed by atoms with van der Waals surface area (Å²) in [6.45, 7) is 5.18. The predicted octanol–water partition coefficient (Wildman–Crippen LogP) is 9.22. The summed E-state index contributed by atoms with van der Waals surface area (Å²) in [7, 11) is 0. The number of ether oxygens (including phenoxy) is 2. The summed E-state index contributed by atoms with van der Waals surface area (Å²) in [5.74, 6) is 0.973. The third kappa shape index (κ3) is 10.4. The van der Waals surface area contributed by atoms with E-state index in [4.69, 9.17) is 9.47 Å². The zero-order chi connectivity index (χ0) is 26.1. The van der Waals surface area contributed by atoms with E-state index in [1.165, 1.54) is 69.8 Å². The third-order valence-electron chi connectivity index (χ3n) is 6.62. The Balaban J connectivity index is 1.42. The van der Waals surface area contributed by atoms with Crippen LogP contribution in [0.4, 0.5) is 0 Å². The molecule has 1 heterocycles. The Bertz CT molecular complexity index is 1030. The fourth-order valence-electron chi connectivity index (χ4n) is 4.31. The van der Waals surface area contributed by atoms with Gasteiger partial charge in [-0.3, -0.25) is 4.98 Å². The van der Waals surface area contributed by atoms with Crippen molar-refractivity contribution >= 4 is 5.97 Å². The van der Waals surface area contributed by atoms with Crippen LogP contribution in [0, 0.1) is 0 Å². The zero-order valence-corrected chi connectivity index (χ0v) is 22.7. The summed E-state index contributed by atoms with van der Waals surface area (Å²) in [5.41, 5.74) is 3.66. The average Bonchev–Trinajstić information content (AvgIpc) is 2.93. The van der Waals surface area contributed by atoms with Crippen molar-refractivity contribution in [3.8, 4) is 22.8 Å². The number of hydrogen-bond acceptors (Lipinski definition) is 4. The van der Waals surface area contributed by atoms with Gasteiger partial charge in [0.05, 0.1) is 24.1 Å². The minimum absolute atomic E-state index is 0.339. The van der Waals surface area contributed by atoms with Gasteiger partial charge in [0, 0.05) is 5.56 Å². The molecule has 0 amide bonds. The van der Waals surface area contributed by atoms with Crippen LogP contribution in [0.2, 0.25) is 0 Å². The summed E-state index contributed by atoms with van der Waals surface area (Å²) in [6.07, 6.45) is 16.7. The SMILES string of the molecule is CCCCCCCCCc1ccc(C(=O)Oc2ccc(-c3ccc(OCCCCCC)cn3)cc2)cc1. The van der Waals surface area contributed by atoms with Crippen molar-refractivity contribution in [2.45, 2.75) is 90.9 Å². The molecule has 0 N–H and O–H groups in total. The van der Waals surface area contributed by atoms with Crippen molar-refractivity contribution in [2.75, 3.05) is 6.61 Å². The number of carbonyl (C=O) groups excluding carboxylic acids is 1. The lowest BCUT2D eigenvalue weighted by molar-refractivity contribution is 0.0734. The van der Waals surface area contributed by atoms with Gasteiger partial charge in [0.2, 0.25) is 0 Å². The van der Waals surface area contributed by atoms with Crippen LogP contribution in [0.3, 0.4) is 0 Å². The van der Waals surface area contributed by atoms with E-state index in [1.54, 1.807) is 6.20 Å². The van der Waals surface area contributed by atoms with Crippen LogP contribution in [-0.2, 0) is 6.42 Å². The van der Waals surface area contributed by atoms with Crippen molar-refractivity contribution < 1.29 is 14.3 Å². The van der Waals surface area contributed by atoms with E-state index >= 15 is 0 Å². The van der Waals surface area contributed by atoms with E-state index in [0.717, 1.165) is 36.5 Å². The molecule has 1 aromatic heterocycles. The molecule has 0 aliphatic rings. The molecule has 0 bridgehead atoms. The van der Waals surface area contributed by atoms with E-state index in [0.29, 0.717) is 11.3 Å². The van der Waals surface area contributed by atoms with Crippen LogP contribution < -0.4 is 9.47 Å². The first-order chi connectivity index (χ1) is 18.2. The fourth-order valence-corrected chi connectivity index (χ4v) is 4.31. The lowest BCUT2D eigenvalue weighted by Gasteiger charge is -2.08. The Hall–Kier alpha value is -3.14. The molecule has 0 atom stereocenters. The summed E-state index contributed by atoms with van der Waals surface area (Å²) >= 11 is 0. The Morgan fingerprint density at radius 1 is 0.676 bits per heavy atom. The smallest absolute Gasteiger partial charge is 0.343 e. The van der Waals surface area contributed by atoms with E-state index in [1.807, 2.05) is 60.7 Å². The second-order valence-electron chi connectivity index (χ2n) is 9.77.